The van der Waals surface area contributed by atoms with Crippen LogP contribution in [0.1, 0.15) is 45.8 Å². The number of nitriles is 1. The maximum absolute atomic E-state index is 9.70. The molecule has 5 heteroatoms. The minimum Gasteiger partial charge on any atom is -0.396 e. The number of allylic oxidation sites excluding steroid dienone is 1. The molecular formula is C24H22N2OS2. The van der Waals surface area contributed by atoms with Crippen LogP contribution in [-0.2, 0) is 0 Å². The molecule has 1 aliphatic rings. The van der Waals surface area contributed by atoms with E-state index in [2.05, 4.69) is 42.2 Å². The standard InChI is InChI=1S/C24H22N2OS2/c1-15(9-10-27)3-8-20-12-23-24(28-20)16(2)22(29-23)11-19(13-25)17-4-6-18(7-5-17)21-14-26-21/h4-8,11-12,21,26-27H,9-10,14H2,1-2H3/b19-11+. The zero-order valence-electron chi connectivity index (χ0n) is 16.5. The fraction of sp³-hybridized carbons (Fsp3) is 0.250. The molecule has 1 saturated heterocycles. The van der Waals surface area contributed by atoms with Gasteiger partial charge in [-0.1, -0.05) is 24.3 Å². The van der Waals surface area contributed by atoms with E-state index in [-0.39, 0.29) is 6.61 Å². The molecule has 3 nitrogen and oxygen atoms in total. The molecule has 0 bridgehead atoms. The summed E-state index contributed by atoms with van der Waals surface area (Å²) in [6.07, 6.45) is 4.66. The third-order valence-corrected chi connectivity index (χ3v) is 7.54. The first-order valence-corrected chi connectivity index (χ1v) is 11.2. The smallest absolute Gasteiger partial charge is 0.0998 e. The van der Waals surface area contributed by atoms with Crippen molar-refractivity contribution in [2.24, 2.45) is 0 Å². The zero-order valence-corrected chi connectivity index (χ0v) is 18.1. The van der Waals surface area contributed by atoms with Gasteiger partial charge in [0, 0.05) is 38.3 Å². The lowest BCUT2D eigenvalue weighted by Crippen LogP contribution is -1.86. The highest BCUT2D eigenvalue weighted by Crippen LogP contribution is 2.39. The number of aliphatic hydroxyl groups is 1. The van der Waals surface area contributed by atoms with Gasteiger partial charge in [-0.3, -0.25) is 0 Å². The van der Waals surface area contributed by atoms with Crippen LogP contribution < -0.4 is 5.32 Å². The number of thiophene rings is 2. The van der Waals surface area contributed by atoms with Crippen molar-refractivity contribution in [2.45, 2.75) is 26.3 Å². The number of nitrogens with zero attached hydrogens (tertiary/aromatic N) is 1. The summed E-state index contributed by atoms with van der Waals surface area (Å²) in [6.45, 7) is 5.30. The van der Waals surface area contributed by atoms with Crippen LogP contribution in [0.3, 0.4) is 0 Å². The monoisotopic (exact) mass is 418 g/mol. The first-order valence-electron chi connectivity index (χ1n) is 9.60. The van der Waals surface area contributed by atoms with E-state index in [4.69, 9.17) is 5.11 Å². The molecule has 4 rings (SSSR count). The molecule has 1 fully saturated rings. The Kier molecular flexibility index (Phi) is 5.82. The predicted octanol–water partition coefficient (Wildman–Crippen LogP) is 5.92. The van der Waals surface area contributed by atoms with Crippen molar-refractivity contribution in [3.05, 3.63) is 68.1 Å². The number of rotatable bonds is 6. The predicted molar refractivity (Wildman–Crippen MR) is 124 cm³/mol. The Labute approximate surface area is 178 Å². The molecule has 0 aliphatic carbocycles. The average Bonchev–Trinajstić information content (AvgIpc) is 3.44. The molecule has 0 saturated carbocycles. The van der Waals surface area contributed by atoms with E-state index in [0.29, 0.717) is 18.0 Å². The van der Waals surface area contributed by atoms with Crippen LogP contribution in [-0.4, -0.2) is 18.3 Å². The second kappa shape index (κ2) is 8.51. The molecule has 1 aliphatic heterocycles. The molecule has 3 heterocycles. The van der Waals surface area contributed by atoms with E-state index in [9.17, 15) is 5.26 Å². The Hall–Kier alpha value is -2.45. The van der Waals surface area contributed by atoms with Crippen molar-refractivity contribution in [3.63, 3.8) is 0 Å². The van der Waals surface area contributed by atoms with Gasteiger partial charge < -0.3 is 10.4 Å². The summed E-state index contributed by atoms with van der Waals surface area (Å²) in [5.74, 6) is 0. The third kappa shape index (κ3) is 4.43. The summed E-state index contributed by atoms with van der Waals surface area (Å²) < 4.78 is 2.50. The van der Waals surface area contributed by atoms with Crippen molar-refractivity contribution in [3.8, 4) is 6.07 Å². The SMILES string of the molecule is CC(=C=Cc1cc2sc(/C=C(\C#N)c3ccc(C4CN4)cc3)c(C)c2s1)CCO. The van der Waals surface area contributed by atoms with Gasteiger partial charge in [-0.2, -0.15) is 5.26 Å². The van der Waals surface area contributed by atoms with Gasteiger partial charge in [0.2, 0.25) is 0 Å². The molecule has 3 aromatic rings. The third-order valence-electron chi connectivity index (χ3n) is 5.02. The van der Waals surface area contributed by atoms with Crippen molar-refractivity contribution in [1.82, 2.24) is 5.32 Å². The van der Waals surface area contributed by atoms with E-state index < -0.39 is 0 Å². The summed E-state index contributed by atoms with van der Waals surface area (Å²) >= 11 is 3.47. The largest absolute Gasteiger partial charge is 0.396 e. The van der Waals surface area contributed by atoms with Crippen molar-refractivity contribution in [1.29, 1.82) is 5.26 Å². The maximum atomic E-state index is 9.70. The van der Waals surface area contributed by atoms with Gasteiger partial charge in [-0.25, -0.2) is 0 Å². The highest BCUT2D eigenvalue weighted by molar-refractivity contribution is 7.29. The quantitative estimate of drug-likeness (QED) is 0.297. The lowest BCUT2D eigenvalue weighted by molar-refractivity contribution is 0.299. The van der Waals surface area contributed by atoms with Crippen LogP contribution in [0.4, 0.5) is 0 Å². The Balaban J connectivity index is 1.62. The molecule has 1 unspecified atom stereocenters. The first-order chi connectivity index (χ1) is 14.1. The van der Waals surface area contributed by atoms with E-state index in [0.717, 1.165) is 27.4 Å². The molecule has 0 spiro atoms. The van der Waals surface area contributed by atoms with Crippen molar-refractivity contribution >= 4 is 49.8 Å². The summed E-state index contributed by atoms with van der Waals surface area (Å²) in [7, 11) is 0. The number of aliphatic hydroxyl groups excluding tert-OH is 1. The van der Waals surface area contributed by atoms with Gasteiger partial charge in [0.1, 0.15) is 0 Å². The normalized spacial score (nSPS) is 15.8. The number of aryl methyl sites for hydroxylation is 1. The molecule has 1 atom stereocenters. The number of nitrogens with one attached hydrogen (secondary N) is 1. The Morgan fingerprint density at radius 1 is 1.31 bits per heavy atom. The average molecular weight is 419 g/mol. The van der Waals surface area contributed by atoms with Crippen LogP contribution in [0.5, 0.6) is 0 Å². The molecule has 0 amide bonds. The van der Waals surface area contributed by atoms with E-state index >= 15 is 0 Å². The molecule has 2 N–H and O–H groups in total. The van der Waals surface area contributed by atoms with Gasteiger partial charge in [0.15, 0.2) is 0 Å². The summed E-state index contributed by atoms with van der Waals surface area (Å²) in [5, 5.41) is 22.0. The number of hydrogen-bond acceptors (Lipinski definition) is 5. The van der Waals surface area contributed by atoms with Gasteiger partial charge in [-0.15, -0.1) is 28.4 Å². The summed E-state index contributed by atoms with van der Waals surface area (Å²) in [4.78, 5) is 2.30. The van der Waals surface area contributed by atoms with Crippen molar-refractivity contribution in [2.75, 3.05) is 13.2 Å². The molecular weight excluding hydrogens is 396 g/mol. The molecule has 146 valence electrons. The molecule has 29 heavy (non-hydrogen) atoms. The lowest BCUT2D eigenvalue weighted by atomic mass is 10.0. The minimum absolute atomic E-state index is 0.155. The highest BCUT2D eigenvalue weighted by Gasteiger charge is 2.21. The van der Waals surface area contributed by atoms with Crippen molar-refractivity contribution < 1.29 is 5.11 Å². The van der Waals surface area contributed by atoms with E-state index in [1.165, 1.54) is 20.5 Å². The van der Waals surface area contributed by atoms with Gasteiger partial charge in [-0.05, 0) is 60.8 Å². The van der Waals surface area contributed by atoms with Crippen LogP contribution in [0.15, 0.2) is 41.6 Å². The number of benzene rings is 1. The minimum atomic E-state index is 0.155. The molecule has 1 aromatic carbocycles. The maximum Gasteiger partial charge on any atom is 0.0998 e. The van der Waals surface area contributed by atoms with E-state index in [1.54, 1.807) is 22.7 Å². The van der Waals surface area contributed by atoms with Crippen LogP contribution >= 0.6 is 22.7 Å². The highest BCUT2D eigenvalue weighted by atomic mass is 32.1. The molecule has 0 radical (unpaired) electrons. The van der Waals surface area contributed by atoms with Crippen LogP contribution in [0.2, 0.25) is 0 Å². The van der Waals surface area contributed by atoms with Crippen LogP contribution in [0, 0.1) is 18.3 Å². The number of fused-ring (bicyclic) bond motifs is 1. The molecule has 2 aromatic heterocycles. The zero-order chi connectivity index (χ0) is 20.4. The second-order valence-corrected chi connectivity index (χ2v) is 9.40. The Morgan fingerprint density at radius 2 is 2.07 bits per heavy atom. The lowest BCUT2D eigenvalue weighted by Gasteiger charge is -2.02. The van der Waals surface area contributed by atoms with Gasteiger partial charge in [0.25, 0.3) is 0 Å². The topological polar surface area (TPSA) is 66.0 Å². The fourth-order valence-electron chi connectivity index (χ4n) is 3.18. The second-order valence-electron chi connectivity index (χ2n) is 7.23. The Bertz CT molecular complexity index is 1180. The summed E-state index contributed by atoms with van der Waals surface area (Å²) in [5.41, 5.74) is 8.45. The van der Waals surface area contributed by atoms with Gasteiger partial charge in [0.05, 0.1) is 11.6 Å². The summed E-state index contributed by atoms with van der Waals surface area (Å²) in [6, 6.07) is 13.3. The van der Waals surface area contributed by atoms with Crippen LogP contribution in [0.25, 0.3) is 27.1 Å². The fourth-order valence-corrected chi connectivity index (χ4v) is 5.62. The Morgan fingerprint density at radius 3 is 2.69 bits per heavy atom. The van der Waals surface area contributed by atoms with E-state index in [1.807, 2.05) is 31.2 Å². The first kappa shape index (κ1) is 19.8. The van der Waals surface area contributed by atoms with Gasteiger partial charge >= 0.3 is 0 Å². The number of hydrogen-bond donors (Lipinski definition) is 2.